The molecule has 0 bridgehead atoms. The number of morpholine rings is 1. The highest BCUT2D eigenvalue weighted by molar-refractivity contribution is 7.88. The number of sulfonamides is 1. The van der Waals surface area contributed by atoms with Gasteiger partial charge in [0.15, 0.2) is 0 Å². The Hall–Kier alpha value is -1.48. The number of ether oxygens (including phenoxy) is 1. The van der Waals surface area contributed by atoms with Crippen LogP contribution in [-0.2, 0) is 14.8 Å². The summed E-state index contributed by atoms with van der Waals surface area (Å²) in [5.41, 5.74) is 2.92. The van der Waals surface area contributed by atoms with Crippen LogP contribution in [0.1, 0.15) is 34.3 Å². The lowest BCUT2D eigenvalue weighted by Gasteiger charge is -2.30. The third-order valence-electron chi connectivity index (χ3n) is 5.99. The first kappa shape index (κ1) is 22.2. The number of likely N-dealkylation sites (tertiary alicyclic amines) is 1. The quantitative estimate of drug-likeness (QED) is 0.665. The topological polar surface area (TPSA) is 70.2 Å². The van der Waals surface area contributed by atoms with Gasteiger partial charge in [-0.3, -0.25) is 9.69 Å². The predicted molar refractivity (Wildman–Crippen MR) is 114 cm³/mol. The van der Waals surface area contributed by atoms with Crippen molar-refractivity contribution in [2.24, 2.45) is 0 Å². The minimum atomic E-state index is -3.33. The molecule has 1 amide bonds. The van der Waals surface area contributed by atoms with E-state index in [4.69, 9.17) is 4.74 Å². The van der Waals surface area contributed by atoms with E-state index in [0.29, 0.717) is 31.6 Å². The van der Waals surface area contributed by atoms with Crippen LogP contribution in [0.2, 0.25) is 0 Å². The van der Waals surface area contributed by atoms with Crippen LogP contribution in [0, 0.1) is 13.8 Å². The highest BCUT2D eigenvalue weighted by atomic mass is 32.2. The Labute approximate surface area is 174 Å². The maximum Gasteiger partial charge on any atom is 0.253 e. The molecule has 0 spiro atoms. The highest BCUT2D eigenvalue weighted by Gasteiger charge is 2.34. The zero-order valence-corrected chi connectivity index (χ0v) is 18.6. The molecular weight excluding hydrogens is 390 g/mol. The second-order valence-corrected chi connectivity index (χ2v) is 10.1. The van der Waals surface area contributed by atoms with Crippen LogP contribution in [0.25, 0.3) is 0 Å². The van der Waals surface area contributed by atoms with Crippen molar-refractivity contribution in [2.75, 3.05) is 58.7 Å². The summed E-state index contributed by atoms with van der Waals surface area (Å²) in [6, 6.07) is 5.59. The van der Waals surface area contributed by atoms with E-state index in [-0.39, 0.29) is 11.9 Å². The molecule has 1 aromatic rings. The number of aryl methyl sites for hydroxylation is 2. The summed E-state index contributed by atoms with van der Waals surface area (Å²) >= 11 is 0. The number of nitrogens with zero attached hydrogens (tertiary/aromatic N) is 3. The second kappa shape index (κ2) is 9.55. The van der Waals surface area contributed by atoms with Crippen LogP contribution < -0.4 is 0 Å². The fraction of sp³-hybridized carbons (Fsp3) is 0.667. The van der Waals surface area contributed by atoms with E-state index in [2.05, 4.69) is 4.90 Å². The molecule has 3 rings (SSSR count). The molecule has 0 N–H and O–H groups in total. The Morgan fingerprint density at radius 3 is 2.55 bits per heavy atom. The molecule has 2 aliphatic heterocycles. The Morgan fingerprint density at radius 2 is 1.90 bits per heavy atom. The minimum absolute atomic E-state index is 0.0163. The van der Waals surface area contributed by atoms with E-state index in [1.165, 1.54) is 6.26 Å². The van der Waals surface area contributed by atoms with Gasteiger partial charge in [-0.2, -0.15) is 4.31 Å². The van der Waals surface area contributed by atoms with Gasteiger partial charge in [0.05, 0.1) is 19.5 Å². The van der Waals surface area contributed by atoms with Crippen molar-refractivity contribution >= 4 is 15.9 Å². The van der Waals surface area contributed by atoms with Gasteiger partial charge < -0.3 is 9.64 Å². The van der Waals surface area contributed by atoms with Gasteiger partial charge in [-0.05, 0) is 56.5 Å². The van der Waals surface area contributed by atoms with E-state index in [1.54, 1.807) is 9.21 Å². The van der Waals surface area contributed by atoms with E-state index >= 15 is 0 Å². The van der Waals surface area contributed by atoms with Gasteiger partial charge in [0.25, 0.3) is 5.91 Å². The Morgan fingerprint density at radius 1 is 1.17 bits per heavy atom. The SMILES string of the molecule is Cc1ccc(C(=O)N2CCC(N(CCCN3CCOCC3)S(C)(=O)=O)C2)cc1C. The molecule has 8 heteroatoms. The molecule has 1 aromatic carbocycles. The first-order valence-electron chi connectivity index (χ1n) is 10.4. The van der Waals surface area contributed by atoms with E-state index in [0.717, 1.165) is 50.4 Å². The highest BCUT2D eigenvalue weighted by Crippen LogP contribution is 2.22. The van der Waals surface area contributed by atoms with Crippen LogP contribution in [0.3, 0.4) is 0 Å². The van der Waals surface area contributed by atoms with Crippen LogP contribution in [-0.4, -0.2) is 93.2 Å². The molecule has 2 saturated heterocycles. The summed E-state index contributed by atoms with van der Waals surface area (Å²) in [6.07, 6.45) is 2.74. The third kappa shape index (κ3) is 5.78. The van der Waals surface area contributed by atoms with Crippen LogP contribution in [0.15, 0.2) is 18.2 Å². The van der Waals surface area contributed by atoms with Crippen molar-refractivity contribution in [1.82, 2.24) is 14.1 Å². The molecule has 0 aliphatic carbocycles. The molecule has 162 valence electrons. The normalized spacial score (nSPS) is 21.1. The van der Waals surface area contributed by atoms with Gasteiger partial charge in [-0.1, -0.05) is 6.07 Å². The van der Waals surface area contributed by atoms with Crippen molar-refractivity contribution in [3.8, 4) is 0 Å². The number of rotatable bonds is 7. The Kier molecular flexibility index (Phi) is 7.32. The van der Waals surface area contributed by atoms with Gasteiger partial charge in [-0.25, -0.2) is 8.42 Å². The second-order valence-electron chi connectivity index (χ2n) is 8.17. The molecule has 7 nitrogen and oxygen atoms in total. The summed E-state index contributed by atoms with van der Waals surface area (Å²) < 4.78 is 31.8. The standard InChI is InChI=1S/C21H33N3O4S/c1-17-5-6-19(15-18(17)2)21(25)23-10-7-20(16-23)24(29(3,26)27)9-4-8-22-11-13-28-14-12-22/h5-6,15,20H,4,7-14,16H2,1-3H3. The summed E-state index contributed by atoms with van der Waals surface area (Å²) in [4.78, 5) is 17.0. The van der Waals surface area contributed by atoms with Crippen LogP contribution in [0.5, 0.6) is 0 Å². The molecule has 2 heterocycles. The van der Waals surface area contributed by atoms with Crippen molar-refractivity contribution in [2.45, 2.75) is 32.7 Å². The number of benzene rings is 1. The van der Waals surface area contributed by atoms with Crippen molar-refractivity contribution in [3.63, 3.8) is 0 Å². The zero-order valence-electron chi connectivity index (χ0n) is 17.8. The number of carbonyl (C=O) groups excluding carboxylic acids is 1. The molecule has 1 atom stereocenters. The Balaban J connectivity index is 1.59. The first-order chi connectivity index (χ1) is 13.8. The van der Waals surface area contributed by atoms with Gasteiger partial charge >= 0.3 is 0 Å². The molecule has 29 heavy (non-hydrogen) atoms. The van der Waals surface area contributed by atoms with Crippen molar-refractivity contribution in [1.29, 1.82) is 0 Å². The molecule has 2 aliphatic rings. The molecule has 2 fully saturated rings. The van der Waals surface area contributed by atoms with Gasteiger partial charge in [-0.15, -0.1) is 0 Å². The van der Waals surface area contributed by atoms with E-state index in [9.17, 15) is 13.2 Å². The molecule has 0 saturated carbocycles. The van der Waals surface area contributed by atoms with Crippen LogP contribution >= 0.6 is 0 Å². The molecule has 0 aromatic heterocycles. The average Bonchev–Trinajstić information content (AvgIpc) is 3.16. The summed E-state index contributed by atoms with van der Waals surface area (Å²) in [5, 5.41) is 0. The molecule has 1 unspecified atom stereocenters. The lowest BCUT2D eigenvalue weighted by atomic mass is 10.1. The van der Waals surface area contributed by atoms with Crippen molar-refractivity contribution in [3.05, 3.63) is 34.9 Å². The minimum Gasteiger partial charge on any atom is -0.379 e. The van der Waals surface area contributed by atoms with E-state index in [1.807, 2.05) is 32.0 Å². The third-order valence-corrected chi connectivity index (χ3v) is 7.33. The largest absolute Gasteiger partial charge is 0.379 e. The summed E-state index contributed by atoms with van der Waals surface area (Å²) in [5.74, 6) is -0.0163. The smallest absolute Gasteiger partial charge is 0.253 e. The first-order valence-corrected chi connectivity index (χ1v) is 12.2. The molecular formula is C21H33N3O4S. The lowest BCUT2D eigenvalue weighted by Crippen LogP contribution is -2.44. The molecule has 0 radical (unpaired) electrons. The number of amides is 1. The fourth-order valence-electron chi connectivity index (χ4n) is 4.11. The summed E-state index contributed by atoms with van der Waals surface area (Å²) in [7, 11) is -3.33. The summed E-state index contributed by atoms with van der Waals surface area (Å²) in [6.45, 7) is 9.72. The monoisotopic (exact) mass is 423 g/mol. The predicted octanol–water partition coefficient (Wildman–Crippen LogP) is 1.50. The maximum absolute atomic E-state index is 12.9. The number of hydrogen-bond acceptors (Lipinski definition) is 5. The lowest BCUT2D eigenvalue weighted by molar-refractivity contribution is 0.0366. The van der Waals surface area contributed by atoms with E-state index < -0.39 is 10.0 Å². The Bertz CT molecular complexity index is 821. The van der Waals surface area contributed by atoms with Gasteiger partial charge in [0, 0.05) is 44.3 Å². The van der Waals surface area contributed by atoms with Gasteiger partial charge in [0.2, 0.25) is 10.0 Å². The number of hydrogen-bond donors (Lipinski definition) is 0. The van der Waals surface area contributed by atoms with Crippen LogP contribution in [0.4, 0.5) is 0 Å². The number of carbonyl (C=O) groups is 1. The van der Waals surface area contributed by atoms with Crippen molar-refractivity contribution < 1.29 is 17.9 Å². The van der Waals surface area contributed by atoms with Gasteiger partial charge in [0.1, 0.15) is 0 Å². The zero-order chi connectivity index (χ0) is 21.0. The average molecular weight is 424 g/mol. The maximum atomic E-state index is 12.9. The fourth-order valence-corrected chi connectivity index (χ4v) is 5.29.